The Kier molecular flexibility index (Phi) is 8.12. The topological polar surface area (TPSA) is 78.7 Å². The number of amides is 3. The number of nitrogens with zero attached hydrogens (tertiary/aromatic N) is 2. The Balaban J connectivity index is 0.00000264. The first-order valence-corrected chi connectivity index (χ1v) is 8.54. The van der Waals surface area contributed by atoms with E-state index in [4.69, 9.17) is 5.73 Å². The van der Waals surface area contributed by atoms with Crippen LogP contribution in [0.25, 0.3) is 0 Å². The number of piperidine rings is 2. The normalized spacial score (nSPS) is 25.0. The van der Waals surface area contributed by atoms with Crippen molar-refractivity contribution in [2.24, 2.45) is 17.6 Å². The number of nitrogens with one attached hydrogen (secondary N) is 1. The van der Waals surface area contributed by atoms with Crippen LogP contribution in [0.5, 0.6) is 0 Å². The molecule has 7 heteroatoms. The average molecular weight is 347 g/mol. The molecule has 0 bridgehead atoms. The first-order chi connectivity index (χ1) is 10.5. The third kappa shape index (κ3) is 5.84. The van der Waals surface area contributed by atoms with Gasteiger partial charge < -0.3 is 20.9 Å². The molecule has 0 aromatic carbocycles. The lowest BCUT2D eigenvalue weighted by Crippen LogP contribution is -2.53. The first-order valence-electron chi connectivity index (χ1n) is 8.54. The van der Waals surface area contributed by atoms with Gasteiger partial charge in [-0.15, -0.1) is 12.4 Å². The molecule has 0 radical (unpaired) electrons. The lowest BCUT2D eigenvalue weighted by molar-refractivity contribution is -0.138. The van der Waals surface area contributed by atoms with Crippen molar-refractivity contribution in [3.63, 3.8) is 0 Å². The minimum absolute atomic E-state index is 0. The summed E-state index contributed by atoms with van der Waals surface area (Å²) in [5, 5.41) is 2.94. The van der Waals surface area contributed by atoms with Crippen molar-refractivity contribution in [3.05, 3.63) is 0 Å². The number of carbonyl (C=O) groups excluding carboxylic acids is 2. The number of urea groups is 1. The maximum absolute atomic E-state index is 12.6. The Bertz CT molecular complexity index is 406. The fraction of sp³-hybridized carbons (Fsp3) is 0.875. The molecule has 0 spiro atoms. The summed E-state index contributed by atoms with van der Waals surface area (Å²) in [5.74, 6) is 0.543. The highest BCUT2D eigenvalue weighted by Gasteiger charge is 2.32. The molecule has 2 unspecified atom stereocenters. The molecule has 2 aliphatic rings. The van der Waals surface area contributed by atoms with Crippen LogP contribution in [0, 0.1) is 11.8 Å². The lowest BCUT2D eigenvalue weighted by atomic mass is 9.95. The summed E-state index contributed by atoms with van der Waals surface area (Å²) in [7, 11) is 0. The molecule has 6 nitrogen and oxygen atoms in total. The molecule has 3 N–H and O–H groups in total. The van der Waals surface area contributed by atoms with E-state index in [0.29, 0.717) is 25.6 Å². The Labute approximate surface area is 145 Å². The first kappa shape index (κ1) is 20.0. The zero-order valence-electron chi connectivity index (χ0n) is 14.3. The van der Waals surface area contributed by atoms with Gasteiger partial charge >= 0.3 is 6.03 Å². The molecule has 3 amide bonds. The molecule has 2 heterocycles. The molecule has 2 atom stereocenters. The van der Waals surface area contributed by atoms with Crippen molar-refractivity contribution in [3.8, 4) is 0 Å². The van der Waals surface area contributed by atoms with E-state index in [1.165, 1.54) is 0 Å². The van der Waals surface area contributed by atoms with Crippen molar-refractivity contribution >= 4 is 24.3 Å². The Hall–Kier alpha value is -1.01. The molecular weight excluding hydrogens is 316 g/mol. The Morgan fingerprint density at radius 1 is 1.13 bits per heavy atom. The zero-order chi connectivity index (χ0) is 16.1. The van der Waals surface area contributed by atoms with Gasteiger partial charge in [0.1, 0.15) is 0 Å². The Morgan fingerprint density at radius 3 is 2.43 bits per heavy atom. The average Bonchev–Trinajstić information content (AvgIpc) is 2.52. The second-order valence-corrected chi connectivity index (χ2v) is 7.05. The van der Waals surface area contributed by atoms with Gasteiger partial charge in [0, 0.05) is 38.8 Å². The summed E-state index contributed by atoms with van der Waals surface area (Å²) in [4.78, 5) is 28.5. The summed E-state index contributed by atoms with van der Waals surface area (Å²) in [6.07, 6.45) is 3.75. The van der Waals surface area contributed by atoms with Crippen LogP contribution in [0.2, 0.25) is 0 Å². The van der Waals surface area contributed by atoms with Crippen molar-refractivity contribution in [1.82, 2.24) is 15.1 Å². The van der Waals surface area contributed by atoms with Crippen molar-refractivity contribution in [1.29, 1.82) is 0 Å². The summed E-state index contributed by atoms with van der Waals surface area (Å²) in [6.45, 7) is 7.57. The van der Waals surface area contributed by atoms with Crippen molar-refractivity contribution in [2.75, 3.05) is 32.7 Å². The highest BCUT2D eigenvalue weighted by atomic mass is 35.5. The van der Waals surface area contributed by atoms with Gasteiger partial charge in [-0.05, 0) is 31.6 Å². The number of likely N-dealkylation sites (tertiary alicyclic amines) is 2. The van der Waals surface area contributed by atoms with Crippen LogP contribution >= 0.6 is 12.4 Å². The van der Waals surface area contributed by atoms with Crippen LogP contribution in [-0.4, -0.2) is 60.5 Å². The van der Waals surface area contributed by atoms with E-state index in [2.05, 4.69) is 19.2 Å². The highest BCUT2D eigenvalue weighted by molar-refractivity contribution is 5.85. The summed E-state index contributed by atoms with van der Waals surface area (Å²) >= 11 is 0. The summed E-state index contributed by atoms with van der Waals surface area (Å²) in [6, 6.07) is 0.0632. The molecule has 0 aromatic rings. The highest BCUT2D eigenvalue weighted by Crippen LogP contribution is 2.21. The zero-order valence-corrected chi connectivity index (χ0v) is 15.1. The van der Waals surface area contributed by atoms with Crippen LogP contribution in [0.3, 0.4) is 0 Å². The molecule has 0 aliphatic carbocycles. The lowest BCUT2D eigenvalue weighted by Gasteiger charge is -2.37. The van der Waals surface area contributed by atoms with Gasteiger partial charge in [-0.3, -0.25) is 4.79 Å². The van der Waals surface area contributed by atoms with E-state index in [-0.39, 0.29) is 36.3 Å². The van der Waals surface area contributed by atoms with Gasteiger partial charge in [0.2, 0.25) is 5.91 Å². The van der Waals surface area contributed by atoms with E-state index in [9.17, 15) is 9.59 Å². The predicted octanol–water partition coefficient (Wildman–Crippen LogP) is 1.44. The van der Waals surface area contributed by atoms with Crippen LogP contribution in [0.15, 0.2) is 0 Å². The van der Waals surface area contributed by atoms with Gasteiger partial charge in [0.05, 0.1) is 5.92 Å². The standard InChI is InChI=1S/C16H30N4O2.ClH/c1-12(2)9-18-16(22)20-8-3-5-13(10-20)15(21)19-7-4-6-14(17)11-19;/h12-14H,3-11,17H2,1-2H3,(H,18,22);1H. The molecule has 2 aliphatic heterocycles. The molecule has 2 fully saturated rings. The molecule has 2 saturated heterocycles. The van der Waals surface area contributed by atoms with Crippen LogP contribution in [0.1, 0.15) is 39.5 Å². The molecule has 0 saturated carbocycles. The monoisotopic (exact) mass is 346 g/mol. The van der Waals surface area contributed by atoms with Crippen LogP contribution in [-0.2, 0) is 4.79 Å². The fourth-order valence-corrected chi connectivity index (χ4v) is 3.23. The number of halogens is 1. The predicted molar refractivity (Wildman–Crippen MR) is 93.6 cm³/mol. The minimum atomic E-state index is -0.0659. The van der Waals surface area contributed by atoms with Crippen LogP contribution < -0.4 is 11.1 Å². The second kappa shape index (κ2) is 9.33. The number of hydrogen-bond acceptors (Lipinski definition) is 3. The van der Waals surface area contributed by atoms with Gasteiger partial charge in [0.25, 0.3) is 0 Å². The number of rotatable bonds is 3. The largest absolute Gasteiger partial charge is 0.341 e. The third-order valence-electron chi connectivity index (χ3n) is 4.49. The van der Waals surface area contributed by atoms with E-state index < -0.39 is 0 Å². The number of nitrogens with two attached hydrogens (primary N) is 1. The number of hydrogen-bond donors (Lipinski definition) is 2. The molecule has 0 aromatic heterocycles. The molecule has 23 heavy (non-hydrogen) atoms. The van der Waals surface area contributed by atoms with Crippen LogP contribution in [0.4, 0.5) is 4.79 Å². The van der Waals surface area contributed by atoms with Gasteiger partial charge in [-0.25, -0.2) is 4.79 Å². The molecule has 134 valence electrons. The second-order valence-electron chi connectivity index (χ2n) is 7.05. The van der Waals surface area contributed by atoms with Crippen molar-refractivity contribution in [2.45, 2.75) is 45.6 Å². The van der Waals surface area contributed by atoms with E-state index >= 15 is 0 Å². The summed E-state index contributed by atoms with van der Waals surface area (Å²) < 4.78 is 0. The van der Waals surface area contributed by atoms with E-state index in [1.54, 1.807) is 4.90 Å². The minimum Gasteiger partial charge on any atom is -0.341 e. The quantitative estimate of drug-likeness (QED) is 0.811. The van der Waals surface area contributed by atoms with Gasteiger partial charge in [-0.2, -0.15) is 0 Å². The smallest absolute Gasteiger partial charge is 0.317 e. The Morgan fingerprint density at radius 2 is 1.78 bits per heavy atom. The van der Waals surface area contributed by atoms with Crippen molar-refractivity contribution < 1.29 is 9.59 Å². The molecule has 2 rings (SSSR count). The van der Waals surface area contributed by atoms with Gasteiger partial charge in [0.15, 0.2) is 0 Å². The SMILES string of the molecule is CC(C)CNC(=O)N1CCCC(C(=O)N2CCCC(N)C2)C1.Cl. The maximum Gasteiger partial charge on any atom is 0.317 e. The summed E-state index contributed by atoms with van der Waals surface area (Å²) in [5.41, 5.74) is 5.97. The maximum atomic E-state index is 12.6. The fourth-order valence-electron chi connectivity index (χ4n) is 3.23. The van der Waals surface area contributed by atoms with E-state index in [1.807, 2.05) is 4.90 Å². The number of carbonyl (C=O) groups is 2. The van der Waals surface area contributed by atoms with E-state index in [0.717, 1.165) is 38.8 Å². The van der Waals surface area contributed by atoms with Gasteiger partial charge in [-0.1, -0.05) is 13.8 Å². The molecular formula is C16H31ClN4O2. The third-order valence-corrected chi connectivity index (χ3v) is 4.49.